The van der Waals surface area contributed by atoms with Gasteiger partial charge in [-0.2, -0.15) is 11.3 Å². The summed E-state index contributed by atoms with van der Waals surface area (Å²) in [6.45, 7) is 4.86. The number of benzene rings is 1. The Bertz CT molecular complexity index is 722. The van der Waals surface area contributed by atoms with Crippen molar-refractivity contribution in [3.63, 3.8) is 0 Å². The maximum absolute atomic E-state index is 6.30. The maximum atomic E-state index is 6.30. The number of fused-ring (bicyclic) bond motifs is 1. The van der Waals surface area contributed by atoms with Crippen LogP contribution in [0.25, 0.3) is 11.0 Å². The van der Waals surface area contributed by atoms with Gasteiger partial charge in [-0.05, 0) is 42.3 Å². The summed E-state index contributed by atoms with van der Waals surface area (Å²) in [6.07, 6.45) is 3.08. The summed E-state index contributed by atoms with van der Waals surface area (Å²) in [5, 5.41) is 13.0. The molecule has 116 valence electrons. The second-order valence-electron chi connectivity index (χ2n) is 5.32. The van der Waals surface area contributed by atoms with Gasteiger partial charge >= 0.3 is 0 Å². The highest BCUT2D eigenvalue weighted by atomic mass is 32.1. The molecule has 2 heterocycles. The van der Waals surface area contributed by atoms with E-state index in [-0.39, 0.29) is 0 Å². The molecule has 0 amide bonds. The lowest BCUT2D eigenvalue weighted by Crippen LogP contribution is -2.38. The fraction of sp³-hybridized carbons (Fsp3) is 0.412. The Morgan fingerprint density at radius 3 is 2.82 bits per heavy atom. The standard InChI is InChI=1S/C17H21N3OS/c1-3-5-11-17(21-4-2,14-10-12-22-13-14)20-16-9-7-6-8-15(16)18-19-20/h6-10,12-13H,3-5,11H2,1-2H3. The van der Waals surface area contributed by atoms with Crippen LogP contribution < -0.4 is 0 Å². The van der Waals surface area contributed by atoms with Crippen LogP contribution in [0, 0.1) is 0 Å². The molecule has 0 radical (unpaired) electrons. The number of para-hydroxylation sites is 1. The van der Waals surface area contributed by atoms with Crippen molar-refractivity contribution in [3.8, 4) is 0 Å². The van der Waals surface area contributed by atoms with E-state index in [2.05, 4.69) is 40.1 Å². The van der Waals surface area contributed by atoms with Crippen LogP contribution >= 0.6 is 11.3 Å². The van der Waals surface area contributed by atoms with Crippen LogP contribution in [0.2, 0.25) is 0 Å². The Morgan fingerprint density at radius 2 is 2.09 bits per heavy atom. The average Bonchev–Trinajstić information content (AvgIpc) is 3.21. The van der Waals surface area contributed by atoms with Gasteiger partial charge in [0.15, 0.2) is 5.72 Å². The lowest BCUT2D eigenvalue weighted by molar-refractivity contribution is -0.0821. The van der Waals surface area contributed by atoms with Gasteiger partial charge in [0.05, 0.1) is 5.52 Å². The monoisotopic (exact) mass is 315 g/mol. The summed E-state index contributed by atoms with van der Waals surface area (Å²) in [4.78, 5) is 0. The molecule has 0 fully saturated rings. The highest BCUT2D eigenvalue weighted by Crippen LogP contribution is 2.36. The smallest absolute Gasteiger partial charge is 0.189 e. The summed E-state index contributed by atoms with van der Waals surface area (Å²) in [6, 6.07) is 10.2. The van der Waals surface area contributed by atoms with Crippen molar-refractivity contribution in [2.24, 2.45) is 0 Å². The van der Waals surface area contributed by atoms with Crippen molar-refractivity contribution in [1.29, 1.82) is 0 Å². The van der Waals surface area contributed by atoms with Crippen molar-refractivity contribution < 1.29 is 4.74 Å². The van der Waals surface area contributed by atoms with Crippen molar-refractivity contribution in [1.82, 2.24) is 15.0 Å². The van der Waals surface area contributed by atoms with Crippen LogP contribution in [0.3, 0.4) is 0 Å². The predicted octanol–water partition coefficient (Wildman–Crippen LogP) is 4.42. The zero-order valence-electron chi connectivity index (χ0n) is 13.0. The van der Waals surface area contributed by atoms with Crippen LogP contribution in [0.15, 0.2) is 41.1 Å². The van der Waals surface area contributed by atoms with E-state index in [9.17, 15) is 0 Å². The normalized spacial score (nSPS) is 14.3. The third kappa shape index (κ3) is 2.55. The van der Waals surface area contributed by atoms with Gasteiger partial charge in [-0.1, -0.05) is 30.7 Å². The lowest BCUT2D eigenvalue weighted by Gasteiger charge is -2.33. The summed E-state index contributed by atoms with van der Waals surface area (Å²) in [5.41, 5.74) is 2.50. The first-order chi connectivity index (χ1) is 10.8. The molecule has 4 nitrogen and oxygen atoms in total. The second kappa shape index (κ2) is 6.58. The largest absolute Gasteiger partial charge is 0.350 e. The minimum absolute atomic E-state index is 0.569. The molecule has 22 heavy (non-hydrogen) atoms. The van der Waals surface area contributed by atoms with E-state index >= 15 is 0 Å². The Morgan fingerprint density at radius 1 is 1.23 bits per heavy atom. The predicted molar refractivity (Wildman–Crippen MR) is 90.1 cm³/mol. The van der Waals surface area contributed by atoms with Crippen molar-refractivity contribution in [2.75, 3.05) is 6.61 Å². The minimum Gasteiger partial charge on any atom is -0.350 e. The van der Waals surface area contributed by atoms with Crippen LogP contribution in [0.4, 0.5) is 0 Å². The van der Waals surface area contributed by atoms with E-state index in [1.807, 2.05) is 29.8 Å². The van der Waals surface area contributed by atoms with Crippen LogP contribution in [0.5, 0.6) is 0 Å². The Kier molecular flexibility index (Phi) is 4.55. The fourth-order valence-electron chi connectivity index (χ4n) is 2.87. The molecule has 5 heteroatoms. The number of hydrogen-bond donors (Lipinski definition) is 0. The summed E-state index contributed by atoms with van der Waals surface area (Å²) < 4.78 is 8.26. The lowest BCUT2D eigenvalue weighted by atomic mass is 9.98. The van der Waals surface area contributed by atoms with Gasteiger partial charge in [-0.15, -0.1) is 5.10 Å². The van der Waals surface area contributed by atoms with Gasteiger partial charge in [-0.25, -0.2) is 4.68 Å². The first-order valence-electron chi connectivity index (χ1n) is 7.79. The molecule has 0 N–H and O–H groups in total. The van der Waals surface area contributed by atoms with Crippen molar-refractivity contribution in [2.45, 2.75) is 38.8 Å². The van der Waals surface area contributed by atoms with E-state index < -0.39 is 5.72 Å². The molecule has 2 aromatic heterocycles. The molecule has 1 unspecified atom stereocenters. The quantitative estimate of drug-likeness (QED) is 0.648. The van der Waals surface area contributed by atoms with E-state index in [1.165, 1.54) is 0 Å². The third-order valence-electron chi connectivity index (χ3n) is 3.92. The number of aromatic nitrogens is 3. The topological polar surface area (TPSA) is 39.9 Å². The number of rotatable bonds is 7. The third-order valence-corrected chi connectivity index (χ3v) is 4.60. The molecule has 0 aliphatic rings. The summed E-state index contributed by atoms with van der Waals surface area (Å²) in [7, 11) is 0. The molecule has 0 saturated heterocycles. The molecule has 1 aromatic carbocycles. The Labute approximate surface area is 134 Å². The second-order valence-corrected chi connectivity index (χ2v) is 6.10. The Balaban J connectivity index is 2.19. The minimum atomic E-state index is -0.569. The number of hydrogen-bond acceptors (Lipinski definition) is 4. The summed E-state index contributed by atoms with van der Waals surface area (Å²) in [5.74, 6) is 0. The van der Waals surface area contributed by atoms with Gasteiger partial charge < -0.3 is 4.74 Å². The van der Waals surface area contributed by atoms with Gasteiger partial charge in [-0.3, -0.25) is 0 Å². The zero-order chi connectivity index (χ0) is 15.4. The molecule has 0 aliphatic carbocycles. The zero-order valence-corrected chi connectivity index (χ0v) is 13.8. The molecule has 0 saturated carbocycles. The van der Waals surface area contributed by atoms with E-state index in [1.54, 1.807) is 11.3 Å². The Hall–Kier alpha value is -1.72. The first kappa shape index (κ1) is 15.2. The van der Waals surface area contributed by atoms with Crippen LogP contribution in [-0.2, 0) is 10.5 Å². The van der Waals surface area contributed by atoms with Crippen LogP contribution in [0.1, 0.15) is 38.7 Å². The molecule has 1 atom stereocenters. The first-order valence-corrected chi connectivity index (χ1v) is 8.73. The maximum Gasteiger partial charge on any atom is 0.189 e. The van der Waals surface area contributed by atoms with E-state index in [0.29, 0.717) is 6.61 Å². The molecule has 3 aromatic rings. The average molecular weight is 315 g/mol. The molecule has 0 spiro atoms. The van der Waals surface area contributed by atoms with Crippen molar-refractivity contribution >= 4 is 22.4 Å². The number of nitrogens with zero attached hydrogens (tertiary/aromatic N) is 3. The van der Waals surface area contributed by atoms with Gasteiger partial charge in [0, 0.05) is 18.6 Å². The number of thiophene rings is 1. The molecule has 3 rings (SSSR count). The highest BCUT2D eigenvalue weighted by Gasteiger charge is 2.37. The van der Waals surface area contributed by atoms with Gasteiger partial charge in [0.1, 0.15) is 5.52 Å². The van der Waals surface area contributed by atoms with E-state index in [0.717, 1.165) is 35.9 Å². The van der Waals surface area contributed by atoms with Gasteiger partial charge in [0.25, 0.3) is 0 Å². The van der Waals surface area contributed by atoms with Crippen LogP contribution in [-0.4, -0.2) is 21.6 Å². The molecule has 0 bridgehead atoms. The SMILES string of the molecule is CCCCC(OCC)(c1ccsc1)n1nnc2ccccc21. The highest BCUT2D eigenvalue weighted by molar-refractivity contribution is 7.08. The number of ether oxygens (including phenoxy) is 1. The van der Waals surface area contributed by atoms with Crippen molar-refractivity contribution in [3.05, 3.63) is 46.7 Å². The molecular weight excluding hydrogens is 294 g/mol. The van der Waals surface area contributed by atoms with E-state index in [4.69, 9.17) is 4.74 Å². The molecular formula is C17H21N3OS. The molecule has 0 aliphatic heterocycles. The summed E-state index contributed by atoms with van der Waals surface area (Å²) >= 11 is 1.69. The fourth-order valence-corrected chi connectivity index (χ4v) is 3.58. The number of unbranched alkanes of at least 4 members (excludes halogenated alkanes) is 1. The van der Waals surface area contributed by atoms with Gasteiger partial charge in [0.2, 0.25) is 0 Å².